The van der Waals surface area contributed by atoms with E-state index in [1.54, 1.807) is 12.1 Å². The Morgan fingerprint density at radius 1 is 1.21 bits per heavy atom. The van der Waals surface area contributed by atoms with E-state index in [0.29, 0.717) is 24.2 Å². The number of rotatable bonds is 6. The predicted octanol–water partition coefficient (Wildman–Crippen LogP) is 1.70. The van der Waals surface area contributed by atoms with Gasteiger partial charge in [0.25, 0.3) is 0 Å². The lowest BCUT2D eigenvalue weighted by molar-refractivity contribution is -0.120. The molecule has 0 aromatic heterocycles. The first-order valence-electron chi connectivity index (χ1n) is 8.58. The summed E-state index contributed by atoms with van der Waals surface area (Å²) in [7, 11) is -3.46. The van der Waals surface area contributed by atoms with Crippen LogP contribution in [-0.2, 0) is 14.8 Å². The summed E-state index contributed by atoms with van der Waals surface area (Å²) in [6.45, 7) is 3.44. The molecule has 1 saturated carbocycles. The van der Waals surface area contributed by atoms with Crippen molar-refractivity contribution in [3.8, 4) is 0 Å². The first-order valence-corrected chi connectivity index (χ1v) is 10.1. The molecule has 1 heterocycles. The molecule has 0 bridgehead atoms. The Morgan fingerprint density at radius 2 is 1.92 bits per heavy atom. The van der Waals surface area contributed by atoms with Gasteiger partial charge in [-0.3, -0.25) is 4.79 Å². The largest absolute Gasteiger partial charge is 0.326 e. The molecule has 0 spiro atoms. The van der Waals surface area contributed by atoms with Gasteiger partial charge < -0.3 is 10.6 Å². The summed E-state index contributed by atoms with van der Waals surface area (Å²) < 4.78 is 27.0. The standard InChI is InChI=1S/C17H25N3O3S/c1-12-10-14(8-9-18-12)17(21)20-15-4-6-16(7-5-15)24(22,23)19-11-13-2-3-13/h4-7,12-14,18-19H,2-3,8-11H2,1H3,(H,20,21)/t12-,14-/m0/s1. The fourth-order valence-corrected chi connectivity index (χ4v) is 4.08. The van der Waals surface area contributed by atoms with Crippen LogP contribution in [-0.4, -0.2) is 33.5 Å². The lowest BCUT2D eigenvalue weighted by Gasteiger charge is -2.27. The van der Waals surface area contributed by atoms with Crippen molar-refractivity contribution in [1.82, 2.24) is 10.0 Å². The molecule has 1 saturated heterocycles. The van der Waals surface area contributed by atoms with Crippen LogP contribution in [0.15, 0.2) is 29.2 Å². The first-order chi connectivity index (χ1) is 11.4. The van der Waals surface area contributed by atoms with E-state index in [1.807, 2.05) is 0 Å². The number of anilines is 1. The molecular formula is C17H25N3O3S. The van der Waals surface area contributed by atoms with E-state index >= 15 is 0 Å². The van der Waals surface area contributed by atoms with E-state index in [9.17, 15) is 13.2 Å². The van der Waals surface area contributed by atoms with Crippen molar-refractivity contribution in [3.05, 3.63) is 24.3 Å². The Morgan fingerprint density at radius 3 is 2.54 bits per heavy atom. The molecule has 2 aliphatic rings. The lowest BCUT2D eigenvalue weighted by atomic mass is 9.92. The minimum absolute atomic E-state index is 0.00451. The molecule has 0 unspecified atom stereocenters. The SMILES string of the molecule is C[C@H]1C[C@@H](C(=O)Nc2ccc(S(=O)(=O)NCC3CC3)cc2)CCN1. The molecule has 1 amide bonds. The van der Waals surface area contributed by atoms with Gasteiger partial charge in [-0.25, -0.2) is 13.1 Å². The number of nitrogens with one attached hydrogen (secondary N) is 3. The van der Waals surface area contributed by atoms with Gasteiger partial charge in [-0.2, -0.15) is 0 Å². The zero-order valence-corrected chi connectivity index (χ0v) is 14.7. The number of hydrogen-bond donors (Lipinski definition) is 3. The fraction of sp³-hybridized carbons (Fsp3) is 0.588. The summed E-state index contributed by atoms with van der Waals surface area (Å²) in [5, 5.41) is 6.21. The van der Waals surface area contributed by atoms with Crippen molar-refractivity contribution < 1.29 is 13.2 Å². The second kappa shape index (κ2) is 7.21. The van der Waals surface area contributed by atoms with Crippen LogP contribution in [0.4, 0.5) is 5.69 Å². The van der Waals surface area contributed by atoms with Crippen molar-refractivity contribution in [2.75, 3.05) is 18.4 Å². The number of carbonyl (C=O) groups excluding carboxylic acids is 1. The smallest absolute Gasteiger partial charge is 0.240 e. The number of benzene rings is 1. The van der Waals surface area contributed by atoms with Crippen LogP contribution < -0.4 is 15.4 Å². The maximum Gasteiger partial charge on any atom is 0.240 e. The quantitative estimate of drug-likeness (QED) is 0.728. The van der Waals surface area contributed by atoms with Crippen molar-refractivity contribution in [1.29, 1.82) is 0 Å². The number of carbonyl (C=O) groups is 1. The summed E-state index contributed by atoms with van der Waals surface area (Å²) in [5.41, 5.74) is 0.632. The fourth-order valence-electron chi connectivity index (χ4n) is 2.96. The Hall–Kier alpha value is -1.44. The van der Waals surface area contributed by atoms with E-state index in [1.165, 1.54) is 12.1 Å². The van der Waals surface area contributed by atoms with Gasteiger partial charge in [0.05, 0.1) is 4.90 Å². The second-order valence-electron chi connectivity index (χ2n) is 6.89. The van der Waals surface area contributed by atoms with E-state index < -0.39 is 10.0 Å². The first kappa shape index (κ1) is 17.4. The Labute approximate surface area is 143 Å². The third kappa shape index (κ3) is 4.55. The van der Waals surface area contributed by atoms with Crippen LogP contribution >= 0.6 is 0 Å². The third-order valence-corrected chi connectivity index (χ3v) is 6.13. The maximum atomic E-state index is 12.3. The average Bonchev–Trinajstić information content (AvgIpc) is 3.38. The summed E-state index contributed by atoms with van der Waals surface area (Å²) in [5.74, 6) is 0.501. The molecule has 24 heavy (non-hydrogen) atoms. The van der Waals surface area contributed by atoms with Gasteiger partial charge in [-0.15, -0.1) is 0 Å². The molecule has 1 aromatic rings. The zero-order valence-electron chi connectivity index (χ0n) is 13.9. The third-order valence-electron chi connectivity index (χ3n) is 4.69. The maximum absolute atomic E-state index is 12.3. The van der Waals surface area contributed by atoms with Crippen LogP contribution in [0.2, 0.25) is 0 Å². The van der Waals surface area contributed by atoms with Crippen molar-refractivity contribution in [2.45, 2.75) is 43.5 Å². The minimum atomic E-state index is -3.46. The highest BCUT2D eigenvalue weighted by atomic mass is 32.2. The van der Waals surface area contributed by atoms with Gasteiger partial charge >= 0.3 is 0 Å². The van der Waals surface area contributed by atoms with Gasteiger partial charge in [0.15, 0.2) is 0 Å². The molecule has 6 nitrogen and oxygen atoms in total. The zero-order chi connectivity index (χ0) is 17.2. The molecular weight excluding hydrogens is 326 g/mol. The monoisotopic (exact) mass is 351 g/mol. The number of hydrogen-bond acceptors (Lipinski definition) is 4. The summed E-state index contributed by atoms with van der Waals surface area (Å²) in [6, 6.07) is 6.72. The molecule has 7 heteroatoms. The van der Waals surface area contributed by atoms with Gasteiger partial charge in [0.1, 0.15) is 0 Å². The van der Waals surface area contributed by atoms with Crippen molar-refractivity contribution >= 4 is 21.6 Å². The van der Waals surface area contributed by atoms with Crippen LogP contribution in [0.5, 0.6) is 0 Å². The number of piperidine rings is 1. The van der Waals surface area contributed by atoms with Gasteiger partial charge in [0.2, 0.25) is 15.9 Å². The molecule has 3 N–H and O–H groups in total. The Balaban J connectivity index is 1.58. The van der Waals surface area contributed by atoms with Gasteiger partial charge in [-0.1, -0.05) is 0 Å². The van der Waals surface area contributed by atoms with Gasteiger partial charge in [-0.05, 0) is 69.3 Å². The number of sulfonamides is 1. The highest BCUT2D eigenvalue weighted by Crippen LogP contribution is 2.28. The summed E-state index contributed by atoms with van der Waals surface area (Å²) >= 11 is 0. The van der Waals surface area contributed by atoms with Crippen LogP contribution in [0.25, 0.3) is 0 Å². The Bertz CT molecular complexity index is 684. The van der Waals surface area contributed by atoms with Crippen LogP contribution in [0, 0.1) is 11.8 Å². The predicted molar refractivity (Wildman–Crippen MR) is 93.2 cm³/mol. The molecule has 1 aliphatic carbocycles. The number of amides is 1. The highest BCUT2D eigenvalue weighted by Gasteiger charge is 2.26. The summed E-state index contributed by atoms with van der Waals surface area (Å²) in [4.78, 5) is 12.5. The molecule has 3 rings (SSSR count). The van der Waals surface area contributed by atoms with Gasteiger partial charge in [0, 0.05) is 24.2 Å². The molecule has 1 aliphatic heterocycles. The van der Waals surface area contributed by atoms with Crippen molar-refractivity contribution in [3.63, 3.8) is 0 Å². The van der Waals surface area contributed by atoms with E-state index in [-0.39, 0.29) is 16.7 Å². The topological polar surface area (TPSA) is 87.3 Å². The van der Waals surface area contributed by atoms with Crippen molar-refractivity contribution in [2.24, 2.45) is 11.8 Å². The van der Waals surface area contributed by atoms with Crippen LogP contribution in [0.3, 0.4) is 0 Å². The highest BCUT2D eigenvalue weighted by molar-refractivity contribution is 7.89. The summed E-state index contributed by atoms with van der Waals surface area (Å²) in [6.07, 6.45) is 3.85. The van der Waals surface area contributed by atoms with Crippen LogP contribution in [0.1, 0.15) is 32.6 Å². The normalized spacial score (nSPS) is 24.5. The molecule has 2 fully saturated rings. The molecule has 0 radical (unpaired) electrons. The lowest BCUT2D eigenvalue weighted by Crippen LogP contribution is -2.40. The van der Waals surface area contributed by atoms with E-state index in [0.717, 1.165) is 32.2 Å². The molecule has 132 valence electrons. The average molecular weight is 351 g/mol. The molecule has 2 atom stereocenters. The second-order valence-corrected chi connectivity index (χ2v) is 8.65. The van der Waals surface area contributed by atoms with E-state index in [4.69, 9.17) is 0 Å². The molecule has 1 aromatic carbocycles. The Kier molecular flexibility index (Phi) is 5.22. The minimum Gasteiger partial charge on any atom is -0.326 e. The van der Waals surface area contributed by atoms with E-state index in [2.05, 4.69) is 22.3 Å².